The molecule has 1 amide bonds. The van der Waals surface area contributed by atoms with Crippen molar-refractivity contribution in [1.82, 2.24) is 10.5 Å². The Morgan fingerprint density at radius 1 is 1.71 bits per heavy atom. The number of anilines is 1. The Labute approximate surface area is 80.6 Å². The fraction of sp³-hybridized carbons (Fsp3) is 0.500. The van der Waals surface area contributed by atoms with Crippen LogP contribution in [0.5, 0.6) is 0 Å². The van der Waals surface area contributed by atoms with Gasteiger partial charge in [0.1, 0.15) is 18.1 Å². The van der Waals surface area contributed by atoms with Crippen molar-refractivity contribution in [1.29, 1.82) is 0 Å². The van der Waals surface area contributed by atoms with Gasteiger partial charge >= 0.3 is 0 Å². The summed E-state index contributed by atoms with van der Waals surface area (Å²) in [5.74, 6) is -0.180. The highest BCUT2D eigenvalue weighted by molar-refractivity contribution is 5.94. The number of hydrogen-bond donors (Lipinski definition) is 2. The number of nitrogens with zero attached hydrogens (tertiary/aromatic N) is 1. The maximum Gasteiger partial charge on any atom is 0.254 e. The first-order valence-corrected chi connectivity index (χ1v) is 4.39. The van der Waals surface area contributed by atoms with Gasteiger partial charge in [-0.25, -0.2) is 0 Å². The summed E-state index contributed by atoms with van der Waals surface area (Å²) in [5, 5.41) is 9.18. The van der Waals surface area contributed by atoms with Crippen LogP contribution in [0.4, 0.5) is 5.69 Å². The minimum Gasteiger partial charge on any atom is -0.366 e. The van der Waals surface area contributed by atoms with Gasteiger partial charge in [-0.3, -0.25) is 4.79 Å². The van der Waals surface area contributed by atoms with Gasteiger partial charge in [0.05, 0.1) is 12.8 Å². The normalized spacial score (nSPS) is 21.9. The van der Waals surface area contributed by atoms with Gasteiger partial charge in [-0.1, -0.05) is 5.16 Å². The van der Waals surface area contributed by atoms with Crippen molar-refractivity contribution in [2.75, 3.05) is 25.0 Å². The fourth-order valence-electron chi connectivity index (χ4n) is 1.22. The molecule has 0 spiro atoms. The first-order chi connectivity index (χ1) is 6.86. The summed E-state index contributed by atoms with van der Waals surface area (Å²) in [6.07, 6.45) is 2.38. The third-order valence-corrected chi connectivity index (χ3v) is 1.92. The molecule has 1 aromatic heterocycles. The molecular formula is C8H11N3O3. The summed E-state index contributed by atoms with van der Waals surface area (Å²) >= 11 is 0. The molecule has 1 aromatic rings. The van der Waals surface area contributed by atoms with Crippen LogP contribution in [0.15, 0.2) is 17.0 Å². The van der Waals surface area contributed by atoms with Gasteiger partial charge in [0, 0.05) is 13.1 Å². The minimum atomic E-state index is -0.432. The van der Waals surface area contributed by atoms with Crippen LogP contribution in [0.25, 0.3) is 0 Å². The predicted octanol–water partition coefficient (Wildman–Crippen LogP) is -0.399. The molecule has 1 saturated heterocycles. The monoisotopic (exact) mass is 197 g/mol. The van der Waals surface area contributed by atoms with Gasteiger partial charge < -0.3 is 19.9 Å². The average Bonchev–Trinajstić information content (AvgIpc) is 2.72. The number of ether oxygens (including phenoxy) is 1. The Hall–Kier alpha value is -1.40. The van der Waals surface area contributed by atoms with E-state index in [2.05, 4.69) is 20.3 Å². The van der Waals surface area contributed by atoms with E-state index >= 15 is 0 Å². The van der Waals surface area contributed by atoms with Gasteiger partial charge in [-0.15, -0.1) is 0 Å². The van der Waals surface area contributed by atoms with Crippen molar-refractivity contribution in [3.63, 3.8) is 0 Å². The lowest BCUT2D eigenvalue weighted by Crippen LogP contribution is -2.45. The molecule has 1 unspecified atom stereocenters. The SMILES string of the molecule is O=C(Nc1cnoc1)C1CNCCO1. The summed E-state index contributed by atoms with van der Waals surface area (Å²) in [5.41, 5.74) is 0.546. The van der Waals surface area contributed by atoms with Gasteiger partial charge in [0.15, 0.2) is 0 Å². The van der Waals surface area contributed by atoms with Crippen molar-refractivity contribution in [3.8, 4) is 0 Å². The van der Waals surface area contributed by atoms with E-state index in [0.29, 0.717) is 18.8 Å². The van der Waals surface area contributed by atoms with Gasteiger partial charge in [0.2, 0.25) is 0 Å². The summed E-state index contributed by atoms with van der Waals surface area (Å²) in [6.45, 7) is 1.88. The Kier molecular flexibility index (Phi) is 2.76. The summed E-state index contributed by atoms with van der Waals surface area (Å²) < 4.78 is 9.84. The van der Waals surface area contributed by atoms with Crippen LogP contribution in [0.1, 0.15) is 0 Å². The average molecular weight is 197 g/mol. The van der Waals surface area contributed by atoms with E-state index in [1.54, 1.807) is 0 Å². The minimum absolute atomic E-state index is 0.180. The summed E-state index contributed by atoms with van der Waals surface area (Å²) in [4.78, 5) is 11.5. The van der Waals surface area contributed by atoms with Crippen LogP contribution >= 0.6 is 0 Å². The molecule has 1 aliphatic rings. The maximum absolute atomic E-state index is 11.5. The Balaban J connectivity index is 1.88. The smallest absolute Gasteiger partial charge is 0.254 e. The molecule has 0 bridgehead atoms. The van der Waals surface area contributed by atoms with Crippen molar-refractivity contribution < 1.29 is 14.1 Å². The molecule has 0 aliphatic carbocycles. The molecule has 14 heavy (non-hydrogen) atoms. The zero-order valence-electron chi connectivity index (χ0n) is 7.53. The molecule has 2 N–H and O–H groups in total. The van der Waals surface area contributed by atoms with Crippen LogP contribution in [-0.4, -0.2) is 36.9 Å². The van der Waals surface area contributed by atoms with E-state index in [0.717, 1.165) is 6.54 Å². The van der Waals surface area contributed by atoms with Crippen LogP contribution in [0.3, 0.4) is 0 Å². The molecule has 6 heteroatoms. The zero-order chi connectivity index (χ0) is 9.80. The highest BCUT2D eigenvalue weighted by Crippen LogP contribution is 2.06. The highest BCUT2D eigenvalue weighted by atomic mass is 16.5. The Morgan fingerprint density at radius 3 is 3.29 bits per heavy atom. The second-order valence-electron chi connectivity index (χ2n) is 2.97. The molecular weight excluding hydrogens is 186 g/mol. The predicted molar refractivity (Wildman–Crippen MR) is 47.7 cm³/mol. The largest absolute Gasteiger partial charge is 0.366 e. The van der Waals surface area contributed by atoms with Crippen molar-refractivity contribution >= 4 is 11.6 Å². The molecule has 2 rings (SSSR count). The van der Waals surface area contributed by atoms with E-state index in [1.165, 1.54) is 12.5 Å². The Bertz CT molecular complexity index is 293. The second-order valence-corrected chi connectivity index (χ2v) is 2.97. The van der Waals surface area contributed by atoms with E-state index in [1.807, 2.05) is 0 Å². The number of morpholine rings is 1. The topological polar surface area (TPSA) is 76.4 Å². The number of carbonyl (C=O) groups excluding carboxylic acids is 1. The van der Waals surface area contributed by atoms with Gasteiger partial charge in [-0.05, 0) is 0 Å². The zero-order valence-corrected chi connectivity index (χ0v) is 7.53. The van der Waals surface area contributed by atoms with Gasteiger partial charge in [-0.2, -0.15) is 0 Å². The van der Waals surface area contributed by atoms with Crippen LogP contribution < -0.4 is 10.6 Å². The molecule has 2 heterocycles. The molecule has 0 saturated carbocycles. The third kappa shape index (κ3) is 2.09. The number of amides is 1. The molecule has 1 aliphatic heterocycles. The van der Waals surface area contributed by atoms with E-state index in [4.69, 9.17) is 4.74 Å². The van der Waals surface area contributed by atoms with Crippen molar-refractivity contribution in [2.45, 2.75) is 6.10 Å². The van der Waals surface area contributed by atoms with Crippen LogP contribution in [0.2, 0.25) is 0 Å². The molecule has 0 radical (unpaired) electrons. The van der Waals surface area contributed by atoms with E-state index < -0.39 is 6.10 Å². The molecule has 6 nitrogen and oxygen atoms in total. The number of nitrogens with one attached hydrogen (secondary N) is 2. The quantitative estimate of drug-likeness (QED) is 0.674. The molecule has 1 fully saturated rings. The van der Waals surface area contributed by atoms with Gasteiger partial charge in [0.25, 0.3) is 5.91 Å². The first kappa shape index (κ1) is 9.17. The third-order valence-electron chi connectivity index (χ3n) is 1.92. The number of rotatable bonds is 2. The second kappa shape index (κ2) is 4.21. The van der Waals surface area contributed by atoms with Crippen LogP contribution in [0, 0.1) is 0 Å². The summed E-state index contributed by atoms with van der Waals surface area (Å²) in [7, 11) is 0. The Morgan fingerprint density at radius 2 is 2.64 bits per heavy atom. The summed E-state index contributed by atoms with van der Waals surface area (Å²) in [6, 6.07) is 0. The molecule has 1 atom stereocenters. The maximum atomic E-state index is 11.5. The molecule has 0 aromatic carbocycles. The highest BCUT2D eigenvalue weighted by Gasteiger charge is 2.21. The number of hydrogen-bond acceptors (Lipinski definition) is 5. The van der Waals surface area contributed by atoms with E-state index in [9.17, 15) is 4.79 Å². The lowest BCUT2D eigenvalue weighted by molar-refractivity contribution is -0.128. The van der Waals surface area contributed by atoms with Crippen molar-refractivity contribution in [2.24, 2.45) is 0 Å². The fourth-order valence-corrected chi connectivity index (χ4v) is 1.22. The standard InChI is InChI=1S/C8H11N3O3/c12-8(7-4-9-1-2-13-7)11-6-3-10-14-5-6/h3,5,7,9H,1-2,4H2,(H,11,12). The number of aromatic nitrogens is 1. The number of carbonyl (C=O) groups is 1. The lowest BCUT2D eigenvalue weighted by atomic mass is 10.3. The molecule has 76 valence electrons. The first-order valence-electron chi connectivity index (χ1n) is 4.39. The lowest BCUT2D eigenvalue weighted by Gasteiger charge is -2.22. The van der Waals surface area contributed by atoms with Crippen molar-refractivity contribution in [3.05, 3.63) is 12.5 Å². The van der Waals surface area contributed by atoms with E-state index in [-0.39, 0.29) is 5.91 Å². The van der Waals surface area contributed by atoms with Crippen LogP contribution in [-0.2, 0) is 9.53 Å².